The quantitative estimate of drug-likeness (QED) is 0.395. The van der Waals surface area contributed by atoms with E-state index in [1.807, 2.05) is 42.5 Å². The molecule has 0 spiro atoms. The van der Waals surface area contributed by atoms with Gasteiger partial charge in [0.05, 0.1) is 17.4 Å². The van der Waals surface area contributed by atoms with Crippen LogP contribution in [0.2, 0.25) is 0 Å². The number of aromatic amines is 1. The topological polar surface area (TPSA) is 118 Å². The van der Waals surface area contributed by atoms with Gasteiger partial charge in [-0.05, 0) is 37.6 Å². The van der Waals surface area contributed by atoms with Gasteiger partial charge in [0.25, 0.3) is 11.5 Å². The summed E-state index contributed by atoms with van der Waals surface area (Å²) in [6, 6.07) is 12.8. The third-order valence-electron chi connectivity index (χ3n) is 6.79. The number of rotatable bonds is 5. The number of hydrogen-bond acceptors (Lipinski definition) is 6. The highest BCUT2D eigenvalue weighted by Crippen LogP contribution is 2.34. The average Bonchev–Trinajstić information content (AvgIpc) is 3.67. The molecular weight excluding hydrogens is 458 g/mol. The lowest BCUT2D eigenvalue weighted by Gasteiger charge is -2.23. The summed E-state index contributed by atoms with van der Waals surface area (Å²) < 4.78 is 4.95. The molecule has 0 bridgehead atoms. The van der Waals surface area contributed by atoms with Crippen LogP contribution in [-0.2, 0) is 7.05 Å². The predicted octanol–water partition coefficient (Wildman–Crippen LogP) is 2.00. The van der Waals surface area contributed by atoms with E-state index in [1.165, 1.54) is 4.68 Å². The summed E-state index contributed by atoms with van der Waals surface area (Å²) in [5.41, 5.74) is 1.87. The minimum absolute atomic E-state index is 0.114. The number of nitrogens with one attached hydrogen (secondary N) is 2. The van der Waals surface area contributed by atoms with Gasteiger partial charge in [-0.3, -0.25) is 14.3 Å². The molecule has 1 aliphatic heterocycles. The van der Waals surface area contributed by atoms with Gasteiger partial charge in [-0.25, -0.2) is 19.2 Å². The van der Waals surface area contributed by atoms with E-state index in [0.717, 1.165) is 17.3 Å². The number of carbonyl (C=O) groups excluding carboxylic acids is 1. The van der Waals surface area contributed by atoms with Gasteiger partial charge in [0, 0.05) is 44.4 Å². The Morgan fingerprint density at radius 1 is 1.11 bits per heavy atom. The summed E-state index contributed by atoms with van der Waals surface area (Å²) in [7, 11) is 1.78. The molecule has 1 saturated heterocycles. The van der Waals surface area contributed by atoms with Crippen LogP contribution in [0.1, 0.15) is 34.3 Å². The molecule has 182 valence electrons. The number of nitrogens with zero attached hydrogens (tertiary/aromatic N) is 7. The summed E-state index contributed by atoms with van der Waals surface area (Å²) in [5, 5.41) is 7.79. The van der Waals surface area contributed by atoms with Crippen molar-refractivity contribution in [3.63, 3.8) is 0 Å². The van der Waals surface area contributed by atoms with Crippen LogP contribution < -0.4 is 15.8 Å². The molecule has 2 N–H and O–H groups in total. The van der Waals surface area contributed by atoms with E-state index in [1.54, 1.807) is 48.0 Å². The van der Waals surface area contributed by atoms with Crippen molar-refractivity contribution >= 4 is 17.4 Å². The van der Waals surface area contributed by atoms with E-state index >= 15 is 0 Å². The number of aromatic nitrogens is 7. The smallest absolute Gasteiger partial charge is 0.284 e. The van der Waals surface area contributed by atoms with Crippen molar-refractivity contribution in [3.05, 3.63) is 94.7 Å². The largest absolute Gasteiger partial charge is 0.347 e. The molecule has 0 aliphatic carbocycles. The van der Waals surface area contributed by atoms with Gasteiger partial charge in [0.2, 0.25) is 0 Å². The van der Waals surface area contributed by atoms with Crippen LogP contribution in [0.3, 0.4) is 0 Å². The van der Waals surface area contributed by atoms with Crippen molar-refractivity contribution in [3.8, 4) is 5.69 Å². The van der Waals surface area contributed by atoms with Gasteiger partial charge in [-0.2, -0.15) is 0 Å². The second kappa shape index (κ2) is 8.52. The molecular formula is C25H25N9O2. The van der Waals surface area contributed by atoms with E-state index in [9.17, 15) is 9.59 Å². The van der Waals surface area contributed by atoms with Crippen molar-refractivity contribution in [2.24, 2.45) is 7.05 Å². The lowest BCUT2D eigenvalue weighted by Crippen LogP contribution is -2.39. The number of H-pyrrole nitrogens is 1. The van der Waals surface area contributed by atoms with Crippen LogP contribution in [-0.4, -0.2) is 52.4 Å². The van der Waals surface area contributed by atoms with Gasteiger partial charge in [-0.1, -0.05) is 18.2 Å². The molecule has 1 aliphatic rings. The molecule has 0 saturated carbocycles. The summed E-state index contributed by atoms with van der Waals surface area (Å²) in [4.78, 5) is 40.7. The molecule has 11 nitrogen and oxygen atoms in total. The van der Waals surface area contributed by atoms with Crippen LogP contribution in [0.15, 0.2) is 72.0 Å². The number of carbonyl (C=O) groups is 1. The highest BCUT2D eigenvalue weighted by Gasteiger charge is 2.37. The van der Waals surface area contributed by atoms with Crippen LogP contribution in [0.25, 0.3) is 11.3 Å². The number of fused-ring (bicyclic) bond motifs is 1. The fourth-order valence-electron chi connectivity index (χ4n) is 4.96. The zero-order valence-corrected chi connectivity index (χ0v) is 19.9. The highest BCUT2D eigenvalue weighted by atomic mass is 16.2. The van der Waals surface area contributed by atoms with Crippen molar-refractivity contribution < 1.29 is 4.79 Å². The number of benzene rings is 1. The van der Waals surface area contributed by atoms with Crippen molar-refractivity contribution in [2.75, 3.05) is 11.4 Å². The maximum atomic E-state index is 13.4. The van der Waals surface area contributed by atoms with Gasteiger partial charge < -0.3 is 15.2 Å². The third kappa shape index (κ3) is 3.56. The summed E-state index contributed by atoms with van der Waals surface area (Å²) >= 11 is 0. The van der Waals surface area contributed by atoms with Crippen molar-refractivity contribution in [1.82, 2.24) is 39.2 Å². The Morgan fingerprint density at radius 2 is 1.94 bits per heavy atom. The lowest BCUT2D eigenvalue weighted by molar-refractivity contribution is 0.0938. The first-order valence-corrected chi connectivity index (χ1v) is 11.7. The van der Waals surface area contributed by atoms with Crippen LogP contribution in [0.4, 0.5) is 5.82 Å². The molecule has 6 rings (SSSR count). The number of anilines is 1. The number of imidazole rings is 2. The first kappa shape index (κ1) is 21.8. The van der Waals surface area contributed by atoms with Crippen LogP contribution in [0.5, 0.6) is 0 Å². The van der Waals surface area contributed by atoms with Crippen LogP contribution >= 0.6 is 0 Å². The maximum Gasteiger partial charge on any atom is 0.284 e. The van der Waals surface area contributed by atoms with E-state index in [2.05, 4.69) is 25.2 Å². The molecule has 1 amide bonds. The fraction of sp³-hybridized carbons (Fsp3) is 0.240. The van der Waals surface area contributed by atoms with Crippen LogP contribution in [0, 0.1) is 6.92 Å². The predicted molar refractivity (Wildman–Crippen MR) is 133 cm³/mol. The molecule has 36 heavy (non-hydrogen) atoms. The summed E-state index contributed by atoms with van der Waals surface area (Å²) in [6.07, 6.45) is 7.61. The molecule has 11 heteroatoms. The van der Waals surface area contributed by atoms with Gasteiger partial charge in [-0.15, -0.1) is 5.10 Å². The minimum Gasteiger partial charge on any atom is -0.347 e. The lowest BCUT2D eigenvalue weighted by atomic mass is 10.1. The van der Waals surface area contributed by atoms with E-state index in [-0.39, 0.29) is 29.1 Å². The molecule has 5 aromatic rings. The Labute approximate surface area is 206 Å². The first-order chi connectivity index (χ1) is 17.5. The Hall–Kier alpha value is -4.67. The van der Waals surface area contributed by atoms with Gasteiger partial charge >= 0.3 is 0 Å². The molecule has 1 aromatic carbocycles. The van der Waals surface area contributed by atoms with Gasteiger partial charge in [0.15, 0.2) is 5.65 Å². The summed E-state index contributed by atoms with van der Waals surface area (Å²) in [6.45, 7) is 2.30. The van der Waals surface area contributed by atoms with Gasteiger partial charge in [0.1, 0.15) is 17.2 Å². The third-order valence-corrected chi connectivity index (χ3v) is 6.79. The molecule has 2 atom stereocenters. The Bertz CT molecular complexity index is 1600. The van der Waals surface area contributed by atoms with Crippen molar-refractivity contribution in [2.45, 2.75) is 25.4 Å². The molecule has 1 fully saturated rings. The molecule has 5 heterocycles. The number of para-hydroxylation sites is 1. The molecule has 4 aromatic heterocycles. The zero-order valence-electron chi connectivity index (χ0n) is 19.9. The second-order valence-corrected chi connectivity index (χ2v) is 8.91. The zero-order chi connectivity index (χ0) is 24.8. The second-order valence-electron chi connectivity index (χ2n) is 8.91. The van der Waals surface area contributed by atoms with E-state index < -0.39 is 0 Å². The minimum atomic E-state index is -0.383. The maximum absolute atomic E-state index is 13.4. The Morgan fingerprint density at radius 3 is 2.72 bits per heavy atom. The monoisotopic (exact) mass is 483 g/mol. The normalized spacial score (nSPS) is 17.7. The van der Waals surface area contributed by atoms with E-state index in [0.29, 0.717) is 24.3 Å². The highest BCUT2D eigenvalue weighted by molar-refractivity contribution is 5.95. The fourth-order valence-corrected chi connectivity index (χ4v) is 4.96. The number of amides is 1. The Balaban J connectivity index is 1.30. The first-order valence-electron chi connectivity index (χ1n) is 11.7. The van der Waals surface area contributed by atoms with E-state index in [4.69, 9.17) is 5.10 Å². The molecule has 0 unspecified atom stereocenters. The standard InChI is InChI=1S/C25H25N9O2/c1-16-22(25(36)34(31(16)2)18-6-4-3-5-7-18)24(35)29-17-14-19(23-27-10-11-28-23)32(15-17)21-9-8-20-26-12-13-33(20)30-21/h3-13,17,19H,14-15H2,1-2H3,(H,27,28)(H,29,35)/t17-,19+/m0/s1. The summed E-state index contributed by atoms with van der Waals surface area (Å²) in [5.74, 6) is 1.16. The average molecular weight is 484 g/mol. The Kier molecular flexibility index (Phi) is 5.17. The number of hydrogen-bond donors (Lipinski definition) is 2. The van der Waals surface area contributed by atoms with Crippen molar-refractivity contribution in [1.29, 1.82) is 0 Å². The molecule has 0 radical (unpaired) electrons. The SMILES string of the molecule is Cc1c(C(=O)N[C@H]2C[C@H](c3ncc[nH]3)N(c3ccc4nccn4n3)C2)c(=O)n(-c2ccccc2)n1C.